The minimum absolute atomic E-state index is 0.00813. The zero-order valence-electron chi connectivity index (χ0n) is 21.1. The summed E-state index contributed by atoms with van der Waals surface area (Å²) in [5.74, 6) is -3.77. The highest BCUT2D eigenvalue weighted by atomic mass is 19.4. The number of halogens is 3. The molecule has 39 heavy (non-hydrogen) atoms. The van der Waals surface area contributed by atoms with E-state index in [1.165, 1.54) is 7.11 Å². The van der Waals surface area contributed by atoms with Gasteiger partial charge in [0.2, 0.25) is 5.91 Å². The molecule has 0 spiro atoms. The maximum atomic E-state index is 12.6. The molecule has 11 heteroatoms. The number of carboxylic acids is 1. The second kappa shape index (κ2) is 15.3. The van der Waals surface area contributed by atoms with Gasteiger partial charge in [0, 0.05) is 0 Å². The fraction of sp³-hybridized carbons (Fsp3) is 0.250. The van der Waals surface area contributed by atoms with Crippen molar-refractivity contribution in [2.45, 2.75) is 31.3 Å². The second-order valence-corrected chi connectivity index (χ2v) is 8.26. The second-order valence-electron chi connectivity index (χ2n) is 8.26. The molecule has 0 aromatic heterocycles. The number of esters is 1. The van der Waals surface area contributed by atoms with Gasteiger partial charge in [-0.1, -0.05) is 84.9 Å². The van der Waals surface area contributed by atoms with Gasteiger partial charge in [0.15, 0.2) is 6.04 Å². The average molecular weight is 547 g/mol. The number of benzene rings is 3. The predicted molar refractivity (Wildman–Crippen MR) is 137 cm³/mol. The molecular formula is C28H29F3N2O6. The summed E-state index contributed by atoms with van der Waals surface area (Å²) in [6.07, 6.45) is -4.74. The largest absolute Gasteiger partial charge is 0.490 e. The smallest absolute Gasteiger partial charge is 0.475 e. The van der Waals surface area contributed by atoms with E-state index in [1.54, 1.807) is 0 Å². The number of aliphatic carboxylic acids is 1. The fourth-order valence-corrected chi connectivity index (χ4v) is 3.27. The summed E-state index contributed by atoms with van der Waals surface area (Å²) in [6.45, 7) is 0.315. The highest BCUT2D eigenvalue weighted by Crippen LogP contribution is 2.19. The Hall–Kier alpha value is -4.22. The Morgan fingerprint density at radius 1 is 0.872 bits per heavy atom. The van der Waals surface area contributed by atoms with Crippen molar-refractivity contribution in [1.29, 1.82) is 0 Å². The van der Waals surface area contributed by atoms with Gasteiger partial charge >= 0.3 is 18.1 Å². The number of carboxylic acid groups (broad SMARTS) is 1. The molecule has 0 aliphatic rings. The molecule has 0 aliphatic carbocycles. The van der Waals surface area contributed by atoms with Gasteiger partial charge in [0.1, 0.15) is 0 Å². The highest BCUT2D eigenvalue weighted by molar-refractivity contribution is 5.87. The predicted octanol–water partition coefficient (Wildman–Crippen LogP) is 3.73. The van der Waals surface area contributed by atoms with Crippen LogP contribution in [0.1, 0.15) is 11.1 Å². The lowest BCUT2D eigenvalue weighted by Crippen LogP contribution is -2.51. The molecule has 0 saturated carbocycles. The van der Waals surface area contributed by atoms with Crippen LogP contribution in [0.4, 0.5) is 13.2 Å². The Morgan fingerprint density at radius 3 is 1.90 bits per heavy atom. The van der Waals surface area contributed by atoms with Crippen molar-refractivity contribution in [2.75, 3.05) is 13.7 Å². The van der Waals surface area contributed by atoms with Crippen LogP contribution < -0.4 is 11.1 Å². The van der Waals surface area contributed by atoms with Crippen LogP contribution in [-0.2, 0) is 36.9 Å². The number of nitrogens with two attached hydrogens (primary N) is 1. The average Bonchev–Trinajstić information content (AvgIpc) is 2.93. The van der Waals surface area contributed by atoms with Crippen LogP contribution in [0, 0.1) is 0 Å². The molecule has 0 heterocycles. The van der Waals surface area contributed by atoms with Crippen LogP contribution >= 0.6 is 0 Å². The maximum absolute atomic E-state index is 12.6. The summed E-state index contributed by atoms with van der Waals surface area (Å²) >= 11 is 0. The minimum atomic E-state index is -5.08. The summed E-state index contributed by atoms with van der Waals surface area (Å²) in [5, 5.41) is 9.77. The fourth-order valence-electron chi connectivity index (χ4n) is 3.27. The third kappa shape index (κ3) is 11.0. The number of nitrogens with one attached hydrogen (secondary N) is 1. The lowest BCUT2D eigenvalue weighted by molar-refractivity contribution is -0.192. The van der Waals surface area contributed by atoms with E-state index in [1.807, 2.05) is 84.9 Å². The zero-order valence-corrected chi connectivity index (χ0v) is 21.1. The number of hydrogen-bond donors (Lipinski definition) is 3. The summed E-state index contributed by atoms with van der Waals surface area (Å²) < 4.78 is 42.1. The van der Waals surface area contributed by atoms with Crippen LogP contribution in [0.25, 0.3) is 11.1 Å². The molecule has 0 saturated heterocycles. The monoisotopic (exact) mass is 546 g/mol. The Balaban J connectivity index is 0.000000673. The lowest BCUT2D eigenvalue weighted by atomic mass is 10.0. The van der Waals surface area contributed by atoms with E-state index in [9.17, 15) is 22.8 Å². The van der Waals surface area contributed by atoms with Gasteiger partial charge in [-0.3, -0.25) is 4.79 Å². The van der Waals surface area contributed by atoms with Gasteiger partial charge in [-0.2, -0.15) is 13.2 Å². The number of carbonyl (C=O) groups excluding carboxylic acids is 2. The minimum Gasteiger partial charge on any atom is -0.475 e. The van der Waals surface area contributed by atoms with Gasteiger partial charge in [-0.05, 0) is 28.7 Å². The van der Waals surface area contributed by atoms with Crippen LogP contribution in [-0.4, -0.2) is 54.9 Å². The molecule has 3 aromatic rings. The first kappa shape index (κ1) is 31.0. The van der Waals surface area contributed by atoms with E-state index >= 15 is 0 Å². The number of methoxy groups -OCH3 is 1. The molecule has 1 amide bonds. The number of hydrogen-bond acceptors (Lipinski definition) is 6. The number of alkyl halides is 3. The van der Waals surface area contributed by atoms with Crippen LogP contribution in [0.3, 0.4) is 0 Å². The quantitative estimate of drug-likeness (QED) is 0.331. The zero-order chi connectivity index (χ0) is 28.8. The number of carbonyl (C=O) groups is 3. The molecule has 0 fully saturated rings. The standard InChI is InChI=1S/C26H28N2O4.C2HF3O2/c1-31-26(30)24(18-32-17-20-8-4-2-5-9-20)28-25(29)23(27)16-19-12-14-22(15-13-19)21-10-6-3-7-11-21;3-2(4,5)1(6)7/h2-15,23-24H,16-18,27H2,1H3,(H,28,29);(H,6,7)/t23-,24-;/m0./s1. The van der Waals surface area contributed by atoms with Crippen molar-refractivity contribution in [3.63, 3.8) is 0 Å². The lowest BCUT2D eigenvalue weighted by Gasteiger charge is -2.19. The van der Waals surface area contributed by atoms with Gasteiger partial charge in [-0.25, -0.2) is 9.59 Å². The molecule has 0 aliphatic heterocycles. The van der Waals surface area contributed by atoms with Crippen molar-refractivity contribution < 1.29 is 42.1 Å². The van der Waals surface area contributed by atoms with Crippen molar-refractivity contribution in [2.24, 2.45) is 5.73 Å². The first-order chi connectivity index (χ1) is 18.5. The Bertz CT molecular complexity index is 1190. The third-order valence-electron chi connectivity index (χ3n) is 5.29. The molecule has 2 atom stereocenters. The topological polar surface area (TPSA) is 128 Å². The Morgan fingerprint density at radius 2 is 1.38 bits per heavy atom. The van der Waals surface area contributed by atoms with Gasteiger partial charge in [-0.15, -0.1) is 0 Å². The molecule has 208 valence electrons. The maximum Gasteiger partial charge on any atom is 0.490 e. The molecule has 3 aromatic carbocycles. The van der Waals surface area contributed by atoms with Gasteiger partial charge < -0.3 is 25.6 Å². The third-order valence-corrected chi connectivity index (χ3v) is 5.29. The van der Waals surface area contributed by atoms with E-state index in [4.69, 9.17) is 25.1 Å². The SMILES string of the molecule is COC(=O)[C@H](COCc1ccccc1)NC(=O)[C@@H](N)Cc1ccc(-c2ccccc2)cc1.O=C(O)C(F)(F)F. The van der Waals surface area contributed by atoms with Crippen molar-refractivity contribution in [3.05, 3.63) is 96.1 Å². The van der Waals surface area contributed by atoms with Gasteiger partial charge in [0.25, 0.3) is 0 Å². The molecule has 8 nitrogen and oxygen atoms in total. The van der Waals surface area contributed by atoms with Crippen molar-refractivity contribution in [1.82, 2.24) is 5.32 Å². The van der Waals surface area contributed by atoms with E-state index in [2.05, 4.69) is 5.32 Å². The van der Waals surface area contributed by atoms with E-state index in [-0.39, 0.29) is 6.61 Å². The van der Waals surface area contributed by atoms with Crippen LogP contribution in [0.15, 0.2) is 84.9 Å². The Labute approximate surface area is 223 Å². The molecule has 3 rings (SSSR count). The normalized spacial score (nSPS) is 12.3. The van der Waals surface area contributed by atoms with Crippen LogP contribution in [0.5, 0.6) is 0 Å². The number of amides is 1. The van der Waals surface area contributed by atoms with Crippen molar-refractivity contribution in [3.8, 4) is 11.1 Å². The highest BCUT2D eigenvalue weighted by Gasteiger charge is 2.38. The summed E-state index contributed by atoms with van der Waals surface area (Å²) in [6, 6.07) is 25.8. The van der Waals surface area contributed by atoms with Crippen molar-refractivity contribution >= 4 is 17.8 Å². The number of ether oxygens (including phenoxy) is 2. The molecule has 0 unspecified atom stereocenters. The first-order valence-corrected chi connectivity index (χ1v) is 11.7. The summed E-state index contributed by atoms with van der Waals surface area (Å²) in [7, 11) is 1.27. The van der Waals surface area contributed by atoms with E-state index in [0.717, 1.165) is 22.3 Å². The molecular weight excluding hydrogens is 517 g/mol. The Kier molecular flexibility index (Phi) is 12.1. The molecule has 0 bridgehead atoms. The number of rotatable bonds is 10. The van der Waals surface area contributed by atoms with Gasteiger partial charge in [0.05, 0.1) is 26.4 Å². The first-order valence-electron chi connectivity index (χ1n) is 11.7. The summed E-state index contributed by atoms with van der Waals surface area (Å²) in [4.78, 5) is 33.6. The molecule has 0 radical (unpaired) electrons. The molecule has 4 N–H and O–H groups in total. The van der Waals surface area contributed by atoms with E-state index < -0.39 is 36.1 Å². The summed E-state index contributed by atoms with van der Waals surface area (Å²) in [5.41, 5.74) is 10.2. The van der Waals surface area contributed by atoms with Crippen LogP contribution in [0.2, 0.25) is 0 Å². The van der Waals surface area contributed by atoms with E-state index in [0.29, 0.717) is 13.0 Å².